The molecule has 0 saturated carbocycles. The predicted molar refractivity (Wildman–Crippen MR) is 137 cm³/mol. The second kappa shape index (κ2) is 12.9. The van der Waals surface area contributed by atoms with Gasteiger partial charge in [-0.2, -0.15) is 0 Å². The van der Waals surface area contributed by atoms with Gasteiger partial charge in [-0.25, -0.2) is 12.8 Å². The highest BCUT2D eigenvalue weighted by Crippen LogP contribution is 2.20. The van der Waals surface area contributed by atoms with E-state index in [1.807, 2.05) is 13.8 Å². The van der Waals surface area contributed by atoms with E-state index in [0.717, 1.165) is 16.1 Å². The van der Waals surface area contributed by atoms with Crippen LogP contribution in [0.4, 0.5) is 10.1 Å². The van der Waals surface area contributed by atoms with E-state index in [2.05, 4.69) is 5.32 Å². The third-order valence-electron chi connectivity index (χ3n) is 5.38. The Morgan fingerprint density at radius 3 is 2.17 bits per heavy atom. The molecule has 0 heterocycles. The summed E-state index contributed by atoms with van der Waals surface area (Å²) in [4.78, 5) is 27.4. The summed E-state index contributed by atoms with van der Waals surface area (Å²) in [6.45, 7) is 6.38. The molecule has 0 aliphatic heterocycles. The Morgan fingerprint density at radius 2 is 1.63 bits per heavy atom. The number of carbonyl (C=O) groups is 2. The predicted octanol–water partition coefficient (Wildman–Crippen LogP) is 4.21. The van der Waals surface area contributed by atoms with Crippen molar-refractivity contribution in [1.82, 2.24) is 10.2 Å². The van der Waals surface area contributed by atoms with Crippen molar-refractivity contribution in [3.63, 3.8) is 0 Å². The van der Waals surface area contributed by atoms with Crippen molar-refractivity contribution in [3.8, 4) is 0 Å². The maximum absolute atomic E-state index is 13.3. The Kier molecular flexibility index (Phi) is 10.5. The van der Waals surface area contributed by atoms with Crippen molar-refractivity contribution in [2.24, 2.45) is 5.92 Å². The van der Waals surface area contributed by atoms with E-state index in [9.17, 15) is 22.4 Å². The SMILES string of the molecule is CC(C)CNC(=O)[C@H](C)N(Cc1ccc(Cl)cc1)C(=O)CCCN(c1ccc(F)cc1)S(C)(=O)=O. The zero-order valence-electron chi connectivity index (χ0n) is 20.5. The van der Waals surface area contributed by atoms with Crippen LogP contribution in [-0.4, -0.2) is 50.5 Å². The minimum atomic E-state index is -3.64. The van der Waals surface area contributed by atoms with Gasteiger partial charge in [0.25, 0.3) is 0 Å². The minimum Gasteiger partial charge on any atom is -0.354 e. The van der Waals surface area contributed by atoms with Gasteiger partial charge in [0.2, 0.25) is 21.8 Å². The van der Waals surface area contributed by atoms with Crippen molar-refractivity contribution < 1.29 is 22.4 Å². The third-order valence-corrected chi connectivity index (χ3v) is 6.83. The molecular weight excluding hydrogens is 493 g/mol. The minimum absolute atomic E-state index is 0.0304. The molecule has 35 heavy (non-hydrogen) atoms. The molecule has 7 nitrogen and oxygen atoms in total. The van der Waals surface area contributed by atoms with Crippen LogP contribution in [-0.2, 0) is 26.2 Å². The first-order chi connectivity index (χ1) is 16.4. The molecule has 1 N–H and O–H groups in total. The molecule has 0 bridgehead atoms. The maximum atomic E-state index is 13.3. The van der Waals surface area contributed by atoms with Gasteiger partial charge in [-0.15, -0.1) is 0 Å². The van der Waals surface area contributed by atoms with Crippen LogP contribution in [0.1, 0.15) is 39.2 Å². The molecule has 0 saturated heterocycles. The number of sulfonamides is 1. The highest BCUT2D eigenvalue weighted by molar-refractivity contribution is 7.92. The van der Waals surface area contributed by atoms with Gasteiger partial charge in [0, 0.05) is 31.1 Å². The molecule has 0 spiro atoms. The molecule has 2 amide bonds. The summed E-state index contributed by atoms with van der Waals surface area (Å²) in [7, 11) is -3.64. The smallest absolute Gasteiger partial charge is 0.242 e. The monoisotopic (exact) mass is 525 g/mol. The zero-order chi connectivity index (χ0) is 26.2. The Morgan fingerprint density at radius 1 is 1.03 bits per heavy atom. The topological polar surface area (TPSA) is 86.8 Å². The van der Waals surface area contributed by atoms with Gasteiger partial charge in [0.05, 0.1) is 11.9 Å². The number of rotatable bonds is 12. The van der Waals surface area contributed by atoms with E-state index in [0.29, 0.717) is 17.3 Å². The van der Waals surface area contributed by atoms with Gasteiger partial charge in [-0.3, -0.25) is 13.9 Å². The van der Waals surface area contributed by atoms with Crippen molar-refractivity contribution in [2.45, 2.75) is 46.2 Å². The number of nitrogens with one attached hydrogen (secondary N) is 1. The Labute approximate surface area is 212 Å². The van der Waals surface area contributed by atoms with Crippen molar-refractivity contribution in [2.75, 3.05) is 23.7 Å². The lowest BCUT2D eigenvalue weighted by Gasteiger charge is -2.29. The van der Waals surface area contributed by atoms with Crippen LogP contribution in [0.2, 0.25) is 5.02 Å². The molecule has 0 unspecified atom stereocenters. The molecule has 2 rings (SSSR count). The normalized spacial score (nSPS) is 12.3. The van der Waals surface area contributed by atoms with E-state index in [4.69, 9.17) is 11.6 Å². The summed E-state index contributed by atoms with van der Waals surface area (Å²) in [6.07, 6.45) is 1.31. The largest absolute Gasteiger partial charge is 0.354 e. The van der Waals surface area contributed by atoms with E-state index in [-0.39, 0.29) is 43.7 Å². The van der Waals surface area contributed by atoms with E-state index in [1.54, 1.807) is 31.2 Å². The quantitative estimate of drug-likeness (QED) is 0.449. The van der Waals surface area contributed by atoms with Crippen LogP contribution < -0.4 is 9.62 Å². The molecule has 192 valence electrons. The van der Waals surface area contributed by atoms with Gasteiger partial charge in [-0.05, 0) is 61.2 Å². The van der Waals surface area contributed by atoms with Crippen molar-refractivity contribution in [3.05, 3.63) is 64.9 Å². The third kappa shape index (κ3) is 9.14. The molecular formula is C25H33ClFN3O4S. The van der Waals surface area contributed by atoms with E-state index < -0.39 is 21.9 Å². The van der Waals surface area contributed by atoms with Crippen LogP contribution in [0.15, 0.2) is 48.5 Å². The highest BCUT2D eigenvalue weighted by Gasteiger charge is 2.26. The van der Waals surface area contributed by atoms with Crippen LogP contribution in [0, 0.1) is 11.7 Å². The number of halogens is 2. The summed E-state index contributed by atoms with van der Waals surface area (Å²) in [6, 6.07) is 11.4. The number of anilines is 1. The average molecular weight is 526 g/mol. The Bertz CT molecular complexity index is 1090. The zero-order valence-corrected chi connectivity index (χ0v) is 22.1. The van der Waals surface area contributed by atoms with Crippen molar-refractivity contribution in [1.29, 1.82) is 0 Å². The molecule has 0 aromatic heterocycles. The fourth-order valence-electron chi connectivity index (χ4n) is 3.43. The first kappa shape index (κ1) is 28.6. The summed E-state index contributed by atoms with van der Waals surface area (Å²) >= 11 is 5.97. The fourth-order valence-corrected chi connectivity index (χ4v) is 4.52. The van der Waals surface area contributed by atoms with Gasteiger partial charge in [0.1, 0.15) is 11.9 Å². The number of hydrogen-bond acceptors (Lipinski definition) is 4. The maximum Gasteiger partial charge on any atom is 0.242 e. The first-order valence-electron chi connectivity index (χ1n) is 11.4. The number of hydrogen-bond donors (Lipinski definition) is 1. The molecule has 0 aliphatic rings. The van der Waals surface area contributed by atoms with E-state index in [1.165, 1.54) is 29.2 Å². The summed E-state index contributed by atoms with van der Waals surface area (Å²) in [5, 5.41) is 3.43. The molecule has 2 aromatic rings. The van der Waals surface area contributed by atoms with Crippen molar-refractivity contribution >= 4 is 39.1 Å². The highest BCUT2D eigenvalue weighted by atomic mass is 35.5. The van der Waals surface area contributed by atoms with Gasteiger partial charge in [-0.1, -0.05) is 37.6 Å². The van der Waals surface area contributed by atoms with Crippen LogP contribution in [0.25, 0.3) is 0 Å². The lowest BCUT2D eigenvalue weighted by Crippen LogP contribution is -2.48. The second-order valence-corrected chi connectivity index (χ2v) is 11.2. The summed E-state index contributed by atoms with van der Waals surface area (Å²) in [5.74, 6) is -0.746. The fraction of sp³-hybridized carbons (Fsp3) is 0.440. The number of amides is 2. The van der Waals surface area contributed by atoms with Gasteiger partial charge in [0.15, 0.2) is 0 Å². The van der Waals surface area contributed by atoms with Crippen LogP contribution in [0.5, 0.6) is 0 Å². The second-order valence-electron chi connectivity index (χ2n) is 8.88. The number of benzene rings is 2. The standard InChI is InChI=1S/C25H33ClFN3O4S/c1-18(2)16-28-25(32)19(3)29(17-20-7-9-21(26)10-8-20)24(31)6-5-15-30(35(4,33)34)23-13-11-22(27)12-14-23/h7-14,18-19H,5-6,15-17H2,1-4H3,(H,28,32)/t19-/m0/s1. The van der Waals surface area contributed by atoms with Gasteiger partial charge >= 0.3 is 0 Å². The molecule has 0 aliphatic carbocycles. The molecule has 0 fully saturated rings. The average Bonchev–Trinajstić information content (AvgIpc) is 2.79. The lowest BCUT2D eigenvalue weighted by molar-refractivity contribution is -0.140. The summed E-state index contributed by atoms with van der Waals surface area (Å²) < 4.78 is 39.0. The van der Waals surface area contributed by atoms with Crippen LogP contribution in [0.3, 0.4) is 0 Å². The van der Waals surface area contributed by atoms with E-state index >= 15 is 0 Å². The Balaban J connectivity index is 2.14. The lowest BCUT2D eigenvalue weighted by atomic mass is 10.1. The van der Waals surface area contributed by atoms with Gasteiger partial charge < -0.3 is 10.2 Å². The number of carbonyl (C=O) groups excluding carboxylic acids is 2. The first-order valence-corrected chi connectivity index (χ1v) is 13.7. The summed E-state index contributed by atoms with van der Waals surface area (Å²) in [5.41, 5.74) is 1.14. The molecule has 0 radical (unpaired) electrons. The van der Waals surface area contributed by atoms with Crippen LogP contribution >= 0.6 is 11.6 Å². The molecule has 1 atom stereocenters. The Hall–Kier alpha value is -2.65. The molecule has 10 heteroatoms. The molecule has 2 aromatic carbocycles. The number of nitrogens with zero attached hydrogens (tertiary/aromatic N) is 2.